The minimum Gasteiger partial charge on any atom is -0.508 e. The lowest BCUT2D eigenvalue weighted by Gasteiger charge is -2.29. The van der Waals surface area contributed by atoms with Gasteiger partial charge in [-0.05, 0) is 23.0 Å². The molecule has 17 heavy (non-hydrogen) atoms. The number of phenolic OH excluding ortho intramolecular Hbond substituents is 1. The number of aromatic hydroxyl groups is 1. The molecule has 0 atom stereocenters. The average Bonchev–Trinajstić information content (AvgIpc) is 2.13. The van der Waals surface area contributed by atoms with E-state index < -0.39 is 0 Å². The van der Waals surface area contributed by atoms with Gasteiger partial charge in [0.2, 0.25) is 0 Å². The lowest BCUT2D eigenvalue weighted by molar-refractivity contribution is 0.377. The van der Waals surface area contributed by atoms with Crippen molar-refractivity contribution in [3.05, 3.63) is 23.3 Å². The Hall–Kier alpha value is -1.18. The molecule has 0 radical (unpaired) electrons. The summed E-state index contributed by atoms with van der Waals surface area (Å²) in [6.07, 6.45) is 0. The predicted octanol–water partition coefficient (Wildman–Crippen LogP) is 4.00. The maximum Gasteiger partial charge on any atom is 0.126 e. The molecule has 0 aliphatic rings. The van der Waals surface area contributed by atoms with Crippen LogP contribution < -0.4 is 4.74 Å². The van der Waals surface area contributed by atoms with E-state index in [4.69, 9.17) is 4.74 Å². The van der Waals surface area contributed by atoms with Gasteiger partial charge < -0.3 is 9.84 Å². The van der Waals surface area contributed by atoms with Crippen LogP contribution in [0.4, 0.5) is 0 Å². The van der Waals surface area contributed by atoms with Crippen LogP contribution in [-0.4, -0.2) is 12.2 Å². The first kappa shape index (κ1) is 13.9. The SMILES string of the molecule is COc1c(C(C)(C)C)cc(O)cc1C(C)(C)C. The molecule has 0 aromatic heterocycles. The number of methoxy groups -OCH3 is 1. The van der Waals surface area contributed by atoms with Gasteiger partial charge in [0.15, 0.2) is 0 Å². The van der Waals surface area contributed by atoms with Crippen molar-refractivity contribution in [2.24, 2.45) is 0 Å². The van der Waals surface area contributed by atoms with Crippen LogP contribution in [0.1, 0.15) is 52.7 Å². The van der Waals surface area contributed by atoms with E-state index in [0.717, 1.165) is 16.9 Å². The first-order chi connectivity index (χ1) is 7.57. The fraction of sp³-hybridized carbons (Fsp3) is 0.600. The van der Waals surface area contributed by atoms with Gasteiger partial charge in [-0.3, -0.25) is 0 Å². The van der Waals surface area contributed by atoms with Gasteiger partial charge in [-0.1, -0.05) is 41.5 Å². The van der Waals surface area contributed by atoms with Crippen molar-refractivity contribution in [2.45, 2.75) is 52.4 Å². The fourth-order valence-corrected chi connectivity index (χ4v) is 1.95. The largest absolute Gasteiger partial charge is 0.508 e. The summed E-state index contributed by atoms with van der Waals surface area (Å²) >= 11 is 0. The van der Waals surface area contributed by atoms with Crippen LogP contribution >= 0.6 is 0 Å². The summed E-state index contributed by atoms with van der Waals surface area (Å²) in [4.78, 5) is 0. The van der Waals surface area contributed by atoms with E-state index in [0.29, 0.717) is 5.75 Å². The highest BCUT2D eigenvalue weighted by Gasteiger charge is 2.27. The summed E-state index contributed by atoms with van der Waals surface area (Å²) in [5.41, 5.74) is 1.99. The smallest absolute Gasteiger partial charge is 0.126 e. The van der Waals surface area contributed by atoms with Gasteiger partial charge in [0.25, 0.3) is 0 Å². The molecule has 0 bridgehead atoms. The minimum atomic E-state index is -0.0515. The van der Waals surface area contributed by atoms with Gasteiger partial charge in [-0.25, -0.2) is 0 Å². The van der Waals surface area contributed by atoms with Crippen LogP contribution in [0.25, 0.3) is 0 Å². The summed E-state index contributed by atoms with van der Waals surface area (Å²) in [6.45, 7) is 12.7. The third kappa shape index (κ3) is 2.93. The lowest BCUT2D eigenvalue weighted by Crippen LogP contribution is -2.18. The van der Waals surface area contributed by atoms with E-state index in [1.807, 2.05) is 0 Å². The molecular weight excluding hydrogens is 212 g/mol. The Morgan fingerprint density at radius 3 is 1.47 bits per heavy atom. The van der Waals surface area contributed by atoms with Crippen molar-refractivity contribution >= 4 is 0 Å². The zero-order valence-electron chi connectivity index (χ0n) is 12.0. The maximum absolute atomic E-state index is 9.88. The number of hydrogen-bond donors (Lipinski definition) is 1. The van der Waals surface area contributed by atoms with Crippen molar-refractivity contribution in [1.82, 2.24) is 0 Å². The van der Waals surface area contributed by atoms with Gasteiger partial charge in [0.1, 0.15) is 11.5 Å². The molecule has 0 spiro atoms. The minimum absolute atomic E-state index is 0.0515. The van der Waals surface area contributed by atoms with Crippen LogP contribution in [0.15, 0.2) is 12.1 Å². The van der Waals surface area contributed by atoms with Crippen LogP contribution in [0, 0.1) is 0 Å². The Morgan fingerprint density at radius 2 is 1.24 bits per heavy atom. The number of rotatable bonds is 1. The second-order valence-electron chi connectivity index (χ2n) is 6.57. The van der Waals surface area contributed by atoms with Gasteiger partial charge in [-0.2, -0.15) is 0 Å². The Kier molecular flexibility index (Phi) is 3.47. The molecule has 0 aliphatic carbocycles. The molecule has 1 aromatic carbocycles. The molecule has 0 unspecified atom stereocenters. The van der Waals surface area contributed by atoms with Crippen molar-refractivity contribution in [1.29, 1.82) is 0 Å². The summed E-state index contributed by atoms with van der Waals surface area (Å²) in [7, 11) is 1.69. The molecule has 0 amide bonds. The first-order valence-electron chi connectivity index (χ1n) is 5.99. The summed E-state index contributed by atoms with van der Waals surface area (Å²) in [5.74, 6) is 1.20. The zero-order valence-corrected chi connectivity index (χ0v) is 12.0. The molecule has 2 heteroatoms. The molecule has 2 nitrogen and oxygen atoms in total. The molecule has 96 valence electrons. The average molecular weight is 236 g/mol. The Bertz CT molecular complexity index is 371. The second-order valence-corrected chi connectivity index (χ2v) is 6.57. The lowest BCUT2D eigenvalue weighted by atomic mass is 9.79. The fourth-order valence-electron chi connectivity index (χ4n) is 1.95. The Balaban J connectivity index is 3.58. The highest BCUT2D eigenvalue weighted by molar-refractivity contribution is 5.52. The highest BCUT2D eigenvalue weighted by atomic mass is 16.5. The van der Waals surface area contributed by atoms with Crippen molar-refractivity contribution < 1.29 is 9.84 Å². The molecular formula is C15H24O2. The number of phenols is 1. The summed E-state index contributed by atoms with van der Waals surface area (Å²) < 4.78 is 5.57. The monoisotopic (exact) mass is 236 g/mol. The van der Waals surface area contributed by atoms with Crippen molar-refractivity contribution in [3.8, 4) is 11.5 Å². The van der Waals surface area contributed by atoms with Gasteiger partial charge in [0, 0.05) is 11.1 Å². The van der Waals surface area contributed by atoms with E-state index in [1.165, 1.54) is 0 Å². The Morgan fingerprint density at radius 1 is 0.882 bits per heavy atom. The highest BCUT2D eigenvalue weighted by Crippen LogP contribution is 2.41. The van der Waals surface area contributed by atoms with E-state index in [2.05, 4.69) is 41.5 Å². The second kappa shape index (κ2) is 4.25. The first-order valence-corrected chi connectivity index (χ1v) is 5.99. The normalized spacial score (nSPS) is 12.6. The summed E-state index contributed by atoms with van der Waals surface area (Å²) in [6, 6.07) is 3.60. The van der Waals surface area contributed by atoms with E-state index in [1.54, 1.807) is 19.2 Å². The van der Waals surface area contributed by atoms with Gasteiger partial charge >= 0.3 is 0 Å². The number of benzene rings is 1. The molecule has 0 aliphatic heterocycles. The molecule has 0 fully saturated rings. The van der Waals surface area contributed by atoms with E-state index >= 15 is 0 Å². The predicted molar refractivity (Wildman–Crippen MR) is 72.1 cm³/mol. The molecule has 1 N–H and O–H groups in total. The molecule has 1 aromatic rings. The van der Waals surface area contributed by atoms with Crippen molar-refractivity contribution in [2.75, 3.05) is 7.11 Å². The molecule has 1 rings (SSSR count). The standard InChI is InChI=1S/C15H24O2/c1-14(2,3)11-8-10(16)9-12(13(11)17-7)15(4,5)6/h8-9,16H,1-7H3. The third-order valence-corrected chi connectivity index (χ3v) is 2.89. The van der Waals surface area contributed by atoms with E-state index in [9.17, 15) is 5.11 Å². The van der Waals surface area contributed by atoms with Crippen LogP contribution in [0.2, 0.25) is 0 Å². The quantitative estimate of drug-likeness (QED) is 0.798. The van der Waals surface area contributed by atoms with Gasteiger partial charge in [0.05, 0.1) is 7.11 Å². The maximum atomic E-state index is 9.88. The van der Waals surface area contributed by atoms with Crippen LogP contribution in [0.3, 0.4) is 0 Å². The zero-order chi connectivity index (χ0) is 13.4. The van der Waals surface area contributed by atoms with Crippen LogP contribution in [0.5, 0.6) is 11.5 Å². The topological polar surface area (TPSA) is 29.5 Å². The number of ether oxygens (including phenoxy) is 1. The van der Waals surface area contributed by atoms with Crippen LogP contribution in [-0.2, 0) is 10.8 Å². The molecule has 0 saturated carbocycles. The molecule has 0 heterocycles. The summed E-state index contributed by atoms with van der Waals surface area (Å²) in [5, 5.41) is 9.88. The van der Waals surface area contributed by atoms with Crippen molar-refractivity contribution in [3.63, 3.8) is 0 Å². The molecule has 0 saturated heterocycles. The van der Waals surface area contributed by atoms with Gasteiger partial charge in [-0.15, -0.1) is 0 Å². The number of hydrogen-bond acceptors (Lipinski definition) is 2. The Labute approximate surface area is 105 Å². The van der Waals surface area contributed by atoms with E-state index in [-0.39, 0.29) is 10.8 Å². The third-order valence-electron chi connectivity index (χ3n) is 2.89.